The van der Waals surface area contributed by atoms with E-state index in [1.165, 1.54) is 0 Å². The summed E-state index contributed by atoms with van der Waals surface area (Å²) in [5.74, 6) is 0.788. The Balaban J connectivity index is 1.62. The van der Waals surface area contributed by atoms with Crippen molar-refractivity contribution in [1.29, 1.82) is 0 Å². The van der Waals surface area contributed by atoms with Gasteiger partial charge in [-0.3, -0.25) is 14.7 Å². The number of aromatic nitrogens is 1. The smallest absolute Gasteiger partial charge is 0.389 e. The van der Waals surface area contributed by atoms with Gasteiger partial charge in [-0.05, 0) is 56.6 Å². The Kier molecular flexibility index (Phi) is 6.51. The first-order chi connectivity index (χ1) is 13.4. The van der Waals surface area contributed by atoms with Crippen molar-refractivity contribution in [3.8, 4) is 11.5 Å². The number of amides is 1. The van der Waals surface area contributed by atoms with Gasteiger partial charge in [0.05, 0.1) is 17.9 Å². The molecule has 2 aromatic rings. The number of hydrogen-bond acceptors (Lipinski definition) is 4. The van der Waals surface area contributed by atoms with Gasteiger partial charge in [-0.1, -0.05) is 12.1 Å². The lowest BCUT2D eigenvalue weighted by molar-refractivity contribution is -0.136. The summed E-state index contributed by atoms with van der Waals surface area (Å²) in [7, 11) is 0. The molecule has 3 rings (SSSR count). The van der Waals surface area contributed by atoms with Crippen molar-refractivity contribution in [2.45, 2.75) is 37.9 Å². The first-order valence-corrected chi connectivity index (χ1v) is 9.21. The van der Waals surface area contributed by atoms with E-state index in [1.807, 2.05) is 4.90 Å². The Hall–Kier alpha value is -2.61. The van der Waals surface area contributed by atoms with Crippen molar-refractivity contribution >= 4 is 11.6 Å². The molecule has 5 nitrogen and oxygen atoms in total. The number of halogens is 3. The molecule has 1 aromatic heterocycles. The van der Waals surface area contributed by atoms with Gasteiger partial charge >= 0.3 is 6.18 Å². The van der Waals surface area contributed by atoms with Crippen LogP contribution in [0, 0.1) is 0 Å². The normalized spacial score (nSPS) is 17.5. The standard InChI is InChI=1S/C20H22F3N3O2/c21-20(22,23)10-5-13-26-12-4-8-17(26)19(27)25-16-7-1-2-9-18(16)28-15-6-3-11-24-14-15/h1-3,6-7,9,11,14,17H,4-5,8,10,12-13H2,(H,25,27)/t17-/m0/s1. The summed E-state index contributed by atoms with van der Waals surface area (Å²) in [6, 6.07) is 10.1. The van der Waals surface area contributed by atoms with E-state index >= 15 is 0 Å². The molecule has 0 spiro atoms. The average Bonchev–Trinajstić information content (AvgIpc) is 3.12. The van der Waals surface area contributed by atoms with Crippen molar-refractivity contribution in [3.63, 3.8) is 0 Å². The number of para-hydroxylation sites is 2. The molecule has 1 atom stereocenters. The molecule has 28 heavy (non-hydrogen) atoms. The highest BCUT2D eigenvalue weighted by Gasteiger charge is 2.32. The van der Waals surface area contributed by atoms with E-state index in [2.05, 4.69) is 10.3 Å². The van der Waals surface area contributed by atoms with E-state index in [1.54, 1.807) is 48.8 Å². The Morgan fingerprint density at radius 3 is 2.82 bits per heavy atom. The molecule has 1 aromatic carbocycles. The average molecular weight is 393 g/mol. The molecule has 0 bridgehead atoms. The van der Waals surface area contributed by atoms with Gasteiger partial charge in [0.25, 0.3) is 0 Å². The second-order valence-corrected chi connectivity index (χ2v) is 6.69. The third kappa shape index (κ3) is 5.69. The lowest BCUT2D eigenvalue weighted by Crippen LogP contribution is -2.40. The zero-order chi connectivity index (χ0) is 20.0. The number of likely N-dealkylation sites (tertiary alicyclic amines) is 1. The van der Waals surface area contributed by atoms with Crippen molar-refractivity contribution in [3.05, 3.63) is 48.8 Å². The number of hydrogen-bond donors (Lipinski definition) is 1. The summed E-state index contributed by atoms with van der Waals surface area (Å²) >= 11 is 0. The maximum Gasteiger partial charge on any atom is 0.389 e. The van der Waals surface area contributed by atoms with E-state index in [4.69, 9.17) is 4.74 Å². The van der Waals surface area contributed by atoms with Crippen LogP contribution in [-0.4, -0.2) is 41.1 Å². The van der Waals surface area contributed by atoms with Gasteiger partial charge in [-0.2, -0.15) is 13.2 Å². The van der Waals surface area contributed by atoms with E-state index in [-0.39, 0.29) is 18.9 Å². The molecule has 150 valence electrons. The molecule has 0 radical (unpaired) electrons. The molecule has 1 aliphatic heterocycles. The second-order valence-electron chi connectivity index (χ2n) is 6.69. The first kappa shape index (κ1) is 20.1. The third-order valence-electron chi connectivity index (χ3n) is 4.58. The van der Waals surface area contributed by atoms with Crippen LogP contribution in [0.5, 0.6) is 11.5 Å². The highest BCUT2D eigenvalue weighted by molar-refractivity contribution is 5.96. The summed E-state index contributed by atoms with van der Waals surface area (Å²) < 4.78 is 42.9. The lowest BCUT2D eigenvalue weighted by atomic mass is 10.2. The number of rotatable bonds is 7. The van der Waals surface area contributed by atoms with Gasteiger partial charge < -0.3 is 10.1 Å². The molecule has 1 aliphatic rings. The summed E-state index contributed by atoms with van der Waals surface area (Å²) in [4.78, 5) is 18.6. The molecule has 8 heteroatoms. The fourth-order valence-electron chi connectivity index (χ4n) is 3.28. The summed E-state index contributed by atoms with van der Waals surface area (Å²) in [6.07, 6.45) is -0.388. The summed E-state index contributed by atoms with van der Waals surface area (Å²) in [5.41, 5.74) is 0.512. The predicted molar refractivity (Wildman–Crippen MR) is 99.3 cm³/mol. The molecule has 1 amide bonds. The van der Waals surface area contributed by atoms with E-state index in [9.17, 15) is 18.0 Å². The molecular formula is C20H22F3N3O2. The minimum Gasteiger partial charge on any atom is -0.454 e. The zero-order valence-electron chi connectivity index (χ0n) is 15.3. The highest BCUT2D eigenvalue weighted by Crippen LogP contribution is 2.30. The van der Waals surface area contributed by atoms with Crippen molar-refractivity contribution in [2.75, 3.05) is 18.4 Å². The summed E-state index contributed by atoms with van der Waals surface area (Å²) in [5, 5.41) is 2.86. The number of nitrogens with zero attached hydrogens (tertiary/aromatic N) is 2. The Labute approximate surface area is 161 Å². The molecule has 1 fully saturated rings. The number of ether oxygens (including phenoxy) is 1. The number of carbonyl (C=O) groups excluding carboxylic acids is 1. The maximum absolute atomic E-state index is 12.7. The van der Waals surface area contributed by atoms with Gasteiger partial charge in [-0.15, -0.1) is 0 Å². The van der Waals surface area contributed by atoms with Crippen LogP contribution < -0.4 is 10.1 Å². The Morgan fingerprint density at radius 1 is 1.25 bits per heavy atom. The Bertz CT molecular complexity index is 784. The van der Waals surface area contributed by atoms with Crippen LogP contribution in [-0.2, 0) is 4.79 Å². The van der Waals surface area contributed by atoms with Crippen LogP contribution in [0.15, 0.2) is 48.8 Å². The van der Waals surface area contributed by atoms with Gasteiger partial charge in [-0.25, -0.2) is 0 Å². The number of anilines is 1. The minimum absolute atomic E-state index is 0.00597. The number of nitrogens with one attached hydrogen (secondary N) is 1. The number of carbonyl (C=O) groups is 1. The SMILES string of the molecule is O=C(Nc1ccccc1Oc1cccnc1)[C@@H]1CCCN1CCCC(F)(F)F. The third-order valence-corrected chi connectivity index (χ3v) is 4.58. The first-order valence-electron chi connectivity index (χ1n) is 9.21. The molecule has 0 aliphatic carbocycles. The molecule has 1 saturated heterocycles. The Morgan fingerprint density at radius 2 is 2.07 bits per heavy atom. The quantitative estimate of drug-likeness (QED) is 0.746. The van der Waals surface area contributed by atoms with Gasteiger partial charge in [0, 0.05) is 12.6 Å². The fourth-order valence-corrected chi connectivity index (χ4v) is 3.28. The molecule has 2 heterocycles. The topological polar surface area (TPSA) is 54.5 Å². The van der Waals surface area contributed by atoms with Crippen LogP contribution in [0.3, 0.4) is 0 Å². The van der Waals surface area contributed by atoms with Crippen LogP contribution in [0.4, 0.5) is 18.9 Å². The van der Waals surface area contributed by atoms with Crippen LogP contribution >= 0.6 is 0 Å². The lowest BCUT2D eigenvalue weighted by Gasteiger charge is -2.24. The molecule has 0 saturated carbocycles. The maximum atomic E-state index is 12.7. The fraction of sp³-hybridized carbons (Fsp3) is 0.400. The van der Waals surface area contributed by atoms with E-state index < -0.39 is 18.6 Å². The minimum atomic E-state index is -4.17. The molecule has 1 N–H and O–H groups in total. The molecule has 0 unspecified atom stereocenters. The van der Waals surface area contributed by atoms with Crippen LogP contribution in [0.2, 0.25) is 0 Å². The van der Waals surface area contributed by atoms with Crippen molar-refractivity contribution in [1.82, 2.24) is 9.88 Å². The van der Waals surface area contributed by atoms with Gasteiger partial charge in [0.15, 0.2) is 5.75 Å². The zero-order valence-corrected chi connectivity index (χ0v) is 15.3. The largest absolute Gasteiger partial charge is 0.454 e. The van der Waals surface area contributed by atoms with E-state index in [0.717, 1.165) is 6.42 Å². The van der Waals surface area contributed by atoms with Gasteiger partial charge in [0.2, 0.25) is 5.91 Å². The predicted octanol–water partition coefficient (Wildman–Crippen LogP) is 4.62. The number of alkyl halides is 3. The highest BCUT2D eigenvalue weighted by atomic mass is 19.4. The second kappa shape index (κ2) is 9.05. The van der Waals surface area contributed by atoms with Gasteiger partial charge in [0.1, 0.15) is 5.75 Å². The van der Waals surface area contributed by atoms with Crippen molar-refractivity contribution in [2.24, 2.45) is 0 Å². The monoisotopic (exact) mass is 393 g/mol. The van der Waals surface area contributed by atoms with E-state index in [0.29, 0.717) is 30.2 Å². The van der Waals surface area contributed by atoms with Crippen molar-refractivity contribution < 1.29 is 22.7 Å². The number of pyridine rings is 1. The molecular weight excluding hydrogens is 371 g/mol. The number of benzene rings is 1. The van der Waals surface area contributed by atoms with Crippen LogP contribution in [0.1, 0.15) is 25.7 Å². The summed E-state index contributed by atoms with van der Waals surface area (Å²) in [6.45, 7) is 0.884. The van der Waals surface area contributed by atoms with Crippen LogP contribution in [0.25, 0.3) is 0 Å².